The van der Waals surface area contributed by atoms with Crippen molar-refractivity contribution in [1.29, 1.82) is 0 Å². The summed E-state index contributed by atoms with van der Waals surface area (Å²) in [7, 11) is 1.33. The average Bonchev–Trinajstić information content (AvgIpc) is 2.91. The molecule has 1 aliphatic rings. The number of ether oxygens (including phenoxy) is 2. The number of aliphatic hydroxyl groups excluding tert-OH is 1. The summed E-state index contributed by atoms with van der Waals surface area (Å²) in [5.74, 6) is 0.511. The van der Waals surface area contributed by atoms with Gasteiger partial charge in [-0.1, -0.05) is 12.1 Å². The Morgan fingerprint density at radius 3 is 2.76 bits per heavy atom. The van der Waals surface area contributed by atoms with Gasteiger partial charge in [0.05, 0.1) is 13.2 Å². The first-order valence-electron chi connectivity index (χ1n) is 7.07. The molecule has 21 heavy (non-hydrogen) atoms. The van der Waals surface area contributed by atoms with Crippen LogP contribution in [0, 0.1) is 5.92 Å². The minimum Gasteiger partial charge on any atom is -0.482 e. The summed E-state index contributed by atoms with van der Waals surface area (Å²) in [6.07, 6.45) is -0.258. The van der Waals surface area contributed by atoms with Gasteiger partial charge in [0, 0.05) is 32.1 Å². The van der Waals surface area contributed by atoms with Gasteiger partial charge in [0.15, 0.2) is 6.61 Å². The van der Waals surface area contributed by atoms with Crippen molar-refractivity contribution in [1.82, 2.24) is 10.6 Å². The Kier molecular flexibility index (Phi) is 5.98. The summed E-state index contributed by atoms with van der Waals surface area (Å²) >= 11 is 0. The van der Waals surface area contributed by atoms with Crippen LogP contribution in [0.2, 0.25) is 0 Å². The van der Waals surface area contributed by atoms with Crippen molar-refractivity contribution >= 4 is 5.97 Å². The molecule has 116 valence electrons. The van der Waals surface area contributed by atoms with Crippen LogP contribution in [0.3, 0.4) is 0 Å². The maximum Gasteiger partial charge on any atom is 0.343 e. The maximum absolute atomic E-state index is 11.0. The molecule has 6 nitrogen and oxygen atoms in total. The third-order valence-electron chi connectivity index (χ3n) is 3.55. The van der Waals surface area contributed by atoms with E-state index in [1.807, 2.05) is 24.3 Å². The molecule has 6 heteroatoms. The summed E-state index contributed by atoms with van der Waals surface area (Å²) in [4.78, 5) is 11.0. The number of hydrogen-bond donors (Lipinski definition) is 3. The van der Waals surface area contributed by atoms with E-state index in [1.54, 1.807) is 0 Å². The molecular formula is C15H22N2O4. The molecule has 3 N–H and O–H groups in total. The molecule has 1 saturated heterocycles. The second-order valence-corrected chi connectivity index (χ2v) is 5.13. The summed E-state index contributed by atoms with van der Waals surface area (Å²) in [5.41, 5.74) is 1.13. The molecule has 0 bridgehead atoms. The van der Waals surface area contributed by atoms with Gasteiger partial charge >= 0.3 is 5.97 Å². The molecule has 1 heterocycles. The van der Waals surface area contributed by atoms with Crippen LogP contribution in [0.4, 0.5) is 0 Å². The maximum atomic E-state index is 11.0. The molecule has 0 radical (unpaired) electrons. The van der Waals surface area contributed by atoms with E-state index in [9.17, 15) is 9.90 Å². The van der Waals surface area contributed by atoms with Crippen LogP contribution >= 0.6 is 0 Å². The fourth-order valence-electron chi connectivity index (χ4n) is 2.23. The van der Waals surface area contributed by atoms with Gasteiger partial charge in [-0.3, -0.25) is 0 Å². The standard InChI is InChI=1S/C15H22N2O4/c1-20-15(19)10-21-13-4-2-11(3-5-13)6-16-7-12-8-17-9-14(12)18/h2-5,12,14,16-18H,6-10H2,1H3. The number of carbonyl (C=O) groups is 1. The fourth-order valence-corrected chi connectivity index (χ4v) is 2.23. The predicted molar refractivity (Wildman–Crippen MR) is 78.0 cm³/mol. The molecule has 2 unspecified atom stereocenters. The van der Waals surface area contributed by atoms with E-state index in [0.717, 1.165) is 25.2 Å². The molecular weight excluding hydrogens is 272 g/mol. The minimum atomic E-state index is -0.399. The number of rotatable bonds is 7. The zero-order valence-corrected chi connectivity index (χ0v) is 12.2. The topological polar surface area (TPSA) is 79.8 Å². The predicted octanol–water partition coefficient (Wildman–Crippen LogP) is -0.0917. The first kappa shape index (κ1) is 15.8. The van der Waals surface area contributed by atoms with Crippen molar-refractivity contribution in [2.45, 2.75) is 12.6 Å². The third kappa shape index (κ3) is 5.00. The van der Waals surface area contributed by atoms with Crippen LogP contribution in [-0.2, 0) is 16.1 Å². The van der Waals surface area contributed by atoms with E-state index in [4.69, 9.17) is 4.74 Å². The van der Waals surface area contributed by atoms with Gasteiger partial charge in [0.2, 0.25) is 0 Å². The Balaban J connectivity index is 1.70. The van der Waals surface area contributed by atoms with E-state index in [0.29, 0.717) is 12.3 Å². The highest BCUT2D eigenvalue weighted by molar-refractivity contribution is 5.70. The SMILES string of the molecule is COC(=O)COc1ccc(CNCC2CNCC2O)cc1. The number of methoxy groups -OCH3 is 1. The number of hydrogen-bond acceptors (Lipinski definition) is 6. The van der Waals surface area contributed by atoms with Gasteiger partial charge < -0.3 is 25.2 Å². The van der Waals surface area contributed by atoms with Gasteiger partial charge in [0.25, 0.3) is 0 Å². The number of aliphatic hydroxyl groups is 1. The molecule has 2 rings (SSSR count). The Bertz CT molecular complexity index is 449. The zero-order valence-electron chi connectivity index (χ0n) is 12.2. The lowest BCUT2D eigenvalue weighted by atomic mass is 10.1. The van der Waals surface area contributed by atoms with Crippen LogP contribution in [0.25, 0.3) is 0 Å². The first-order chi connectivity index (χ1) is 10.2. The number of carbonyl (C=O) groups excluding carboxylic acids is 1. The van der Waals surface area contributed by atoms with E-state index >= 15 is 0 Å². The summed E-state index contributed by atoms with van der Waals surface area (Å²) in [6, 6.07) is 7.55. The van der Waals surface area contributed by atoms with Crippen LogP contribution in [0.5, 0.6) is 5.75 Å². The van der Waals surface area contributed by atoms with Crippen molar-refractivity contribution in [3.05, 3.63) is 29.8 Å². The van der Waals surface area contributed by atoms with Gasteiger partial charge in [-0.25, -0.2) is 4.79 Å². The van der Waals surface area contributed by atoms with Crippen LogP contribution < -0.4 is 15.4 Å². The Hall–Kier alpha value is -1.63. The minimum absolute atomic E-state index is 0.0827. The van der Waals surface area contributed by atoms with E-state index in [-0.39, 0.29) is 18.6 Å². The molecule has 1 fully saturated rings. The van der Waals surface area contributed by atoms with Gasteiger partial charge in [0.1, 0.15) is 5.75 Å². The summed E-state index contributed by atoms with van der Waals surface area (Å²) < 4.78 is 9.78. The summed E-state index contributed by atoms with van der Waals surface area (Å²) in [6.45, 7) is 2.98. The molecule has 1 aliphatic heterocycles. The highest BCUT2D eigenvalue weighted by Gasteiger charge is 2.23. The molecule has 0 spiro atoms. The normalized spacial score (nSPS) is 21.2. The van der Waals surface area contributed by atoms with Crippen molar-refractivity contribution in [3.8, 4) is 5.75 Å². The quantitative estimate of drug-likeness (QED) is 0.610. The first-order valence-corrected chi connectivity index (χ1v) is 7.07. The lowest BCUT2D eigenvalue weighted by molar-refractivity contribution is -0.142. The Morgan fingerprint density at radius 2 is 2.14 bits per heavy atom. The van der Waals surface area contributed by atoms with Crippen molar-refractivity contribution < 1.29 is 19.4 Å². The molecule has 2 atom stereocenters. The van der Waals surface area contributed by atoms with Crippen LogP contribution in [-0.4, -0.2) is 50.5 Å². The van der Waals surface area contributed by atoms with Crippen LogP contribution in [0.1, 0.15) is 5.56 Å². The molecule has 1 aromatic rings. The van der Waals surface area contributed by atoms with Crippen LogP contribution in [0.15, 0.2) is 24.3 Å². The van der Waals surface area contributed by atoms with Crippen molar-refractivity contribution in [2.75, 3.05) is 33.4 Å². The zero-order chi connectivity index (χ0) is 15.1. The van der Waals surface area contributed by atoms with Gasteiger partial charge in [-0.05, 0) is 17.7 Å². The molecule has 0 amide bonds. The molecule has 0 aliphatic carbocycles. The van der Waals surface area contributed by atoms with E-state index in [2.05, 4.69) is 15.4 Å². The van der Waals surface area contributed by atoms with Gasteiger partial charge in [-0.15, -0.1) is 0 Å². The highest BCUT2D eigenvalue weighted by Crippen LogP contribution is 2.12. The highest BCUT2D eigenvalue weighted by atomic mass is 16.6. The number of nitrogens with one attached hydrogen (secondary N) is 2. The number of esters is 1. The monoisotopic (exact) mass is 294 g/mol. The average molecular weight is 294 g/mol. The largest absolute Gasteiger partial charge is 0.482 e. The summed E-state index contributed by atoms with van der Waals surface area (Å²) in [5, 5.41) is 16.2. The third-order valence-corrected chi connectivity index (χ3v) is 3.55. The fraction of sp³-hybridized carbons (Fsp3) is 0.533. The van der Waals surface area contributed by atoms with E-state index < -0.39 is 5.97 Å². The Morgan fingerprint density at radius 1 is 1.38 bits per heavy atom. The van der Waals surface area contributed by atoms with Crippen molar-refractivity contribution in [3.63, 3.8) is 0 Å². The Labute approximate surface area is 124 Å². The molecule has 0 aromatic heterocycles. The lowest BCUT2D eigenvalue weighted by Gasteiger charge is -2.14. The number of benzene rings is 1. The van der Waals surface area contributed by atoms with Crippen molar-refractivity contribution in [2.24, 2.45) is 5.92 Å². The molecule has 0 saturated carbocycles. The van der Waals surface area contributed by atoms with Gasteiger partial charge in [-0.2, -0.15) is 0 Å². The second kappa shape index (κ2) is 7.97. The van der Waals surface area contributed by atoms with E-state index in [1.165, 1.54) is 7.11 Å². The second-order valence-electron chi connectivity index (χ2n) is 5.13. The smallest absolute Gasteiger partial charge is 0.343 e. The molecule has 1 aromatic carbocycles. The lowest BCUT2D eigenvalue weighted by Crippen LogP contribution is -2.30. The number of β-amino-alcohol motifs (C(OH)–C–C–N with tert-alkyl or cyclic N) is 1.